The molecule has 1 rings (SSSR count). The first-order valence-electron chi connectivity index (χ1n) is 4.83. The largest absolute Gasteiger partial charge is 0.381 e. The molecule has 0 radical (unpaired) electrons. The van der Waals surface area contributed by atoms with E-state index in [1.807, 2.05) is 7.11 Å². The third-order valence-electron chi connectivity index (χ3n) is 2.99. The fourth-order valence-corrected chi connectivity index (χ4v) is 2.15. The number of rotatable bonds is 2. The van der Waals surface area contributed by atoms with E-state index < -0.39 is 0 Å². The van der Waals surface area contributed by atoms with Crippen LogP contribution in [0, 0.1) is 11.8 Å². The molecule has 0 bridgehead atoms. The minimum absolute atomic E-state index is 0.422. The number of hydrogen-bond donors (Lipinski definition) is 0. The highest BCUT2D eigenvalue weighted by Crippen LogP contribution is 2.33. The average Bonchev–Trinajstić information content (AvgIpc) is 2.03. The summed E-state index contributed by atoms with van der Waals surface area (Å²) in [5, 5.41) is 0. The van der Waals surface area contributed by atoms with Crippen LogP contribution in [0.1, 0.15) is 33.1 Å². The molecule has 0 amide bonds. The minimum Gasteiger partial charge on any atom is -0.381 e. The molecule has 0 aromatic rings. The summed E-state index contributed by atoms with van der Waals surface area (Å²) >= 11 is 0. The fraction of sp³-hybridized carbons (Fsp3) is 0.818. The van der Waals surface area contributed by atoms with Gasteiger partial charge in [-0.25, -0.2) is 0 Å². The van der Waals surface area contributed by atoms with Crippen LogP contribution < -0.4 is 0 Å². The molecule has 0 aromatic heterocycles. The lowest BCUT2D eigenvalue weighted by molar-refractivity contribution is 0.0213. The van der Waals surface area contributed by atoms with Gasteiger partial charge < -0.3 is 4.74 Å². The van der Waals surface area contributed by atoms with Crippen molar-refractivity contribution in [1.29, 1.82) is 0 Å². The van der Waals surface area contributed by atoms with Crippen LogP contribution in [0.15, 0.2) is 12.2 Å². The van der Waals surface area contributed by atoms with Crippen LogP contribution in [-0.2, 0) is 4.74 Å². The molecule has 0 unspecified atom stereocenters. The molecule has 12 heavy (non-hydrogen) atoms. The molecule has 1 fully saturated rings. The summed E-state index contributed by atoms with van der Waals surface area (Å²) in [6.07, 6.45) is 4.21. The smallest absolute Gasteiger partial charge is 0.0638 e. The van der Waals surface area contributed by atoms with Crippen LogP contribution in [0.25, 0.3) is 0 Å². The van der Waals surface area contributed by atoms with Crippen LogP contribution in [0.4, 0.5) is 0 Å². The van der Waals surface area contributed by atoms with Crippen molar-refractivity contribution in [2.24, 2.45) is 11.8 Å². The lowest BCUT2D eigenvalue weighted by atomic mass is 9.78. The molecule has 1 heteroatoms. The lowest BCUT2D eigenvalue weighted by Crippen LogP contribution is -2.30. The topological polar surface area (TPSA) is 9.23 Å². The van der Waals surface area contributed by atoms with E-state index in [1.165, 1.54) is 24.8 Å². The molecule has 1 aliphatic rings. The van der Waals surface area contributed by atoms with Crippen LogP contribution in [0.5, 0.6) is 0 Å². The molecule has 3 atom stereocenters. The maximum atomic E-state index is 5.47. The molecule has 1 aliphatic carbocycles. The second kappa shape index (κ2) is 4.08. The van der Waals surface area contributed by atoms with Gasteiger partial charge in [-0.05, 0) is 32.1 Å². The van der Waals surface area contributed by atoms with Crippen molar-refractivity contribution in [2.45, 2.75) is 39.2 Å². The van der Waals surface area contributed by atoms with Crippen molar-refractivity contribution in [3.8, 4) is 0 Å². The van der Waals surface area contributed by atoms with E-state index in [1.54, 1.807) is 0 Å². The predicted molar refractivity (Wildman–Crippen MR) is 52.1 cm³/mol. The highest BCUT2D eigenvalue weighted by Gasteiger charge is 2.28. The third kappa shape index (κ3) is 2.10. The normalized spacial score (nSPS) is 36.4. The Morgan fingerprint density at radius 2 is 2.08 bits per heavy atom. The van der Waals surface area contributed by atoms with Gasteiger partial charge in [-0.3, -0.25) is 0 Å². The summed E-state index contributed by atoms with van der Waals surface area (Å²) in [6.45, 7) is 8.45. The molecule has 0 spiro atoms. The first kappa shape index (κ1) is 9.79. The summed E-state index contributed by atoms with van der Waals surface area (Å²) in [4.78, 5) is 0. The van der Waals surface area contributed by atoms with Crippen molar-refractivity contribution in [3.63, 3.8) is 0 Å². The zero-order valence-electron chi connectivity index (χ0n) is 8.47. The summed E-state index contributed by atoms with van der Waals surface area (Å²) in [5.41, 5.74) is 1.29. The lowest BCUT2D eigenvalue weighted by Gasteiger charge is -2.34. The van der Waals surface area contributed by atoms with Crippen molar-refractivity contribution >= 4 is 0 Å². The van der Waals surface area contributed by atoms with Crippen LogP contribution in [0.3, 0.4) is 0 Å². The van der Waals surface area contributed by atoms with Gasteiger partial charge in [0.05, 0.1) is 6.10 Å². The van der Waals surface area contributed by atoms with E-state index in [0.717, 1.165) is 5.92 Å². The Kier molecular flexibility index (Phi) is 3.33. The zero-order valence-corrected chi connectivity index (χ0v) is 8.47. The standard InChI is InChI=1S/C11H20O/c1-8(2)10-6-5-9(3)7-11(10)12-4/h9-11H,1,5-7H2,2-4H3/t9-,10+,11-/m1/s1. The average molecular weight is 168 g/mol. The highest BCUT2D eigenvalue weighted by atomic mass is 16.5. The Morgan fingerprint density at radius 3 is 2.58 bits per heavy atom. The minimum atomic E-state index is 0.422. The van der Waals surface area contributed by atoms with Gasteiger partial charge >= 0.3 is 0 Å². The van der Waals surface area contributed by atoms with Crippen molar-refractivity contribution < 1.29 is 4.74 Å². The second-order valence-electron chi connectivity index (χ2n) is 4.15. The van der Waals surface area contributed by atoms with E-state index in [9.17, 15) is 0 Å². The predicted octanol–water partition coefficient (Wildman–Crippen LogP) is 3.01. The maximum Gasteiger partial charge on any atom is 0.0638 e. The van der Waals surface area contributed by atoms with Gasteiger partial charge in [0.15, 0.2) is 0 Å². The van der Waals surface area contributed by atoms with Crippen molar-refractivity contribution in [2.75, 3.05) is 7.11 Å². The van der Waals surface area contributed by atoms with Gasteiger partial charge in [-0.15, -0.1) is 0 Å². The molecule has 0 N–H and O–H groups in total. The SMILES string of the molecule is C=C(C)[C@@H]1CC[C@@H](C)C[C@H]1OC. The Bertz CT molecular complexity index is 162. The summed E-state index contributed by atoms with van der Waals surface area (Å²) in [7, 11) is 1.82. The monoisotopic (exact) mass is 168 g/mol. The quantitative estimate of drug-likeness (QED) is 0.576. The number of ether oxygens (including phenoxy) is 1. The van der Waals surface area contributed by atoms with Crippen LogP contribution in [0.2, 0.25) is 0 Å². The highest BCUT2D eigenvalue weighted by molar-refractivity contribution is 5.01. The first-order chi connectivity index (χ1) is 5.65. The Balaban J connectivity index is 2.56. The molecule has 0 heterocycles. The van der Waals surface area contributed by atoms with Crippen molar-refractivity contribution in [3.05, 3.63) is 12.2 Å². The Hall–Kier alpha value is -0.300. The number of methoxy groups -OCH3 is 1. The molecule has 0 saturated heterocycles. The van der Waals surface area contributed by atoms with Gasteiger partial charge in [0.25, 0.3) is 0 Å². The maximum absolute atomic E-state index is 5.47. The number of hydrogen-bond acceptors (Lipinski definition) is 1. The van der Waals surface area contributed by atoms with E-state index in [4.69, 9.17) is 4.74 Å². The molecule has 1 saturated carbocycles. The van der Waals surface area contributed by atoms with Crippen molar-refractivity contribution in [1.82, 2.24) is 0 Å². The van der Waals surface area contributed by atoms with Gasteiger partial charge in [0.2, 0.25) is 0 Å². The van der Waals surface area contributed by atoms with Crippen LogP contribution in [-0.4, -0.2) is 13.2 Å². The molecule has 0 aliphatic heterocycles. The first-order valence-corrected chi connectivity index (χ1v) is 4.83. The third-order valence-corrected chi connectivity index (χ3v) is 2.99. The van der Waals surface area contributed by atoms with E-state index in [-0.39, 0.29) is 0 Å². The fourth-order valence-electron chi connectivity index (χ4n) is 2.15. The molecular weight excluding hydrogens is 148 g/mol. The van der Waals surface area contributed by atoms with Crippen LogP contribution >= 0.6 is 0 Å². The molecule has 70 valence electrons. The van der Waals surface area contributed by atoms with Gasteiger partial charge in [-0.2, -0.15) is 0 Å². The summed E-state index contributed by atoms with van der Waals surface area (Å²) in [5.74, 6) is 1.43. The van der Waals surface area contributed by atoms with E-state index >= 15 is 0 Å². The van der Waals surface area contributed by atoms with E-state index in [2.05, 4.69) is 20.4 Å². The Labute approximate surface area is 75.8 Å². The van der Waals surface area contributed by atoms with Gasteiger partial charge in [0, 0.05) is 13.0 Å². The molecular formula is C11H20O. The Morgan fingerprint density at radius 1 is 1.42 bits per heavy atom. The summed E-state index contributed by atoms with van der Waals surface area (Å²) < 4.78 is 5.47. The molecule has 1 nitrogen and oxygen atoms in total. The molecule has 0 aromatic carbocycles. The van der Waals surface area contributed by atoms with Gasteiger partial charge in [0.1, 0.15) is 0 Å². The zero-order chi connectivity index (χ0) is 9.14. The second-order valence-corrected chi connectivity index (χ2v) is 4.15. The summed E-state index contributed by atoms with van der Waals surface area (Å²) in [6, 6.07) is 0. The van der Waals surface area contributed by atoms with Gasteiger partial charge in [-0.1, -0.05) is 19.1 Å². The van der Waals surface area contributed by atoms with E-state index in [0.29, 0.717) is 12.0 Å².